The van der Waals surface area contributed by atoms with Crippen molar-refractivity contribution in [2.45, 2.75) is 32.2 Å². The molecule has 0 amide bonds. The molecule has 2 N–H and O–H groups in total. The molecule has 3 rings (SSSR count). The predicted molar refractivity (Wildman–Crippen MR) is 78.7 cm³/mol. The predicted octanol–water partition coefficient (Wildman–Crippen LogP) is 3.46. The van der Waals surface area contributed by atoms with Crippen LogP contribution >= 0.6 is 11.3 Å². The molecule has 1 fully saturated rings. The first-order chi connectivity index (χ1) is 9.22. The Hall–Kier alpha value is -1.39. The number of rotatable bonds is 4. The Morgan fingerprint density at radius 1 is 1.42 bits per heavy atom. The first-order valence-electron chi connectivity index (χ1n) is 6.57. The summed E-state index contributed by atoms with van der Waals surface area (Å²) in [5, 5.41) is 1.03. The normalized spacial score (nSPS) is 14.7. The molecule has 0 bridgehead atoms. The van der Waals surface area contributed by atoms with Gasteiger partial charge in [-0.15, -0.1) is 11.3 Å². The number of aromatic nitrogens is 1. The molecule has 0 saturated heterocycles. The van der Waals surface area contributed by atoms with Crippen LogP contribution in [0.15, 0.2) is 18.2 Å². The lowest BCUT2D eigenvalue weighted by Crippen LogP contribution is -1.96. The van der Waals surface area contributed by atoms with Gasteiger partial charge >= 0.3 is 0 Å². The number of hydrogen-bond donors (Lipinski definition) is 1. The molecule has 0 unspecified atom stereocenters. The summed E-state index contributed by atoms with van der Waals surface area (Å²) in [5.74, 6) is 1.53. The summed E-state index contributed by atoms with van der Waals surface area (Å²) >= 11 is 1.70. The smallest absolute Gasteiger partial charge is 0.129 e. The molecule has 1 aliphatic carbocycles. The van der Waals surface area contributed by atoms with Crippen LogP contribution < -0.4 is 10.5 Å². The van der Waals surface area contributed by atoms with Crippen LogP contribution in [0.3, 0.4) is 0 Å². The number of benzene rings is 1. The SMILES string of the molecule is COc1cc(C)ccc1-c1nc(C2CC2)c(CN)s1. The molecule has 1 aromatic carbocycles. The number of thiazole rings is 1. The molecule has 4 heteroatoms. The fourth-order valence-electron chi connectivity index (χ4n) is 2.28. The molecule has 0 spiro atoms. The van der Waals surface area contributed by atoms with Gasteiger partial charge in [0.1, 0.15) is 10.8 Å². The minimum atomic E-state index is 0.581. The number of nitrogens with zero attached hydrogens (tertiary/aromatic N) is 1. The van der Waals surface area contributed by atoms with Crippen LogP contribution in [0.25, 0.3) is 10.6 Å². The molecule has 1 aromatic heterocycles. The van der Waals surface area contributed by atoms with Gasteiger partial charge in [0.2, 0.25) is 0 Å². The standard InChI is InChI=1S/C15H18N2OS/c1-9-3-6-11(12(7-9)18-2)15-17-14(10-4-5-10)13(8-16)19-15/h3,6-7,10H,4-5,8,16H2,1-2H3. The van der Waals surface area contributed by atoms with Gasteiger partial charge in [-0.05, 0) is 37.5 Å². The second-order valence-electron chi connectivity index (χ2n) is 5.01. The van der Waals surface area contributed by atoms with E-state index in [4.69, 9.17) is 15.5 Å². The van der Waals surface area contributed by atoms with E-state index >= 15 is 0 Å². The lowest BCUT2D eigenvalue weighted by atomic mass is 10.1. The first kappa shape index (κ1) is 12.6. The van der Waals surface area contributed by atoms with Gasteiger partial charge in [-0.2, -0.15) is 0 Å². The van der Waals surface area contributed by atoms with Gasteiger partial charge in [0.05, 0.1) is 18.4 Å². The maximum absolute atomic E-state index is 5.84. The third-order valence-electron chi connectivity index (χ3n) is 3.46. The maximum Gasteiger partial charge on any atom is 0.129 e. The van der Waals surface area contributed by atoms with E-state index in [2.05, 4.69) is 25.1 Å². The molecular weight excluding hydrogens is 256 g/mol. The molecule has 1 aliphatic rings. The first-order valence-corrected chi connectivity index (χ1v) is 7.39. The third kappa shape index (κ3) is 2.38. The second kappa shape index (κ2) is 4.94. The minimum Gasteiger partial charge on any atom is -0.496 e. The Morgan fingerprint density at radius 3 is 2.84 bits per heavy atom. The van der Waals surface area contributed by atoms with Crippen molar-refractivity contribution in [3.05, 3.63) is 34.3 Å². The van der Waals surface area contributed by atoms with Crippen LogP contribution in [-0.2, 0) is 6.54 Å². The Labute approximate surface area is 117 Å². The topological polar surface area (TPSA) is 48.1 Å². The van der Waals surface area contributed by atoms with Gasteiger partial charge in [-0.1, -0.05) is 6.07 Å². The van der Waals surface area contributed by atoms with Crippen molar-refractivity contribution in [1.29, 1.82) is 0 Å². The van der Waals surface area contributed by atoms with Gasteiger partial charge in [-0.3, -0.25) is 0 Å². The molecule has 3 nitrogen and oxygen atoms in total. The van der Waals surface area contributed by atoms with Crippen LogP contribution in [0.4, 0.5) is 0 Å². The van der Waals surface area contributed by atoms with Crippen LogP contribution in [0.2, 0.25) is 0 Å². The largest absolute Gasteiger partial charge is 0.496 e. The van der Waals surface area contributed by atoms with E-state index in [0.29, 0.717) is 12.5 Å². The van der Waals surface area contributed by atoms with Gasteiger partial charge in [0.15, 0.2) is 0 Å². The van der Waals surface area contributed by atoms with Crippen molar-refractivity contribution in [3.63, 3.8) is 0 Å². The molecule has 19 heavy (non-hydrogen) atoms. The zero-order valence-electron chi connectivity index (χ0n) is 11.3. The molecular formula is C15H18N2OS. The Kier molecular flexibility index (Phi) is 3.29. The molecule has 1 heterocycles. The fraction of sp³-hybridized carbons (Fsp3) is 0.400. The summed E-state index contributed by atoms with van der Waals surface area (Å²) in [4.78, 5) is 6.03. The zero-order chi connectivity index (χ0) is 13.4. The van der Waals surface area contributed by atoms with Crippen molar-refractivity contribution >= 4 is 11.3 Å². The van der Waals surface area contributed by atoms with E-state index in [-0.39, 0.29) is 0 Å². The third-order valence-corrected chi connectivity index (χ3v) is 4.59. The highest BCUT2D eigenvalue weighted by Gasteiger charge is 2.29. The molecule has 2 aromatic rings. The molecule has 1 saturated carbocycles. The summed E-state index contributed by atoms with van der Waals surface area (Å²) in [6.07, 6.45) is 2.50. The molecule has 0 atom stereocenters. The van der Waals surface area contributed by atoms with Crippen LogP contribution in [0.5, 0.6) is 5.75 Å². The average molecular weight is 274 g/mol. The summed E-state index contributed by atoms with van der Waals surface area (Å²) in [7, 11) is 1.71. The van der Waals surface area contributed by atoms with Crippen molar-refractivity contribution in [2.24, 2.45) is 5.73 Å². The van der Waals surface area contributed by atoms with Gasteiger partial charge in [0, 0.05) is 17.3 Å². The van der Waals surface area contributed by atoms with Crippen molar-refractivity contribution < 1.29 is 4.74 Å². The van der Waals surface area contributed by atoms with E-state index < -0.39 is 0 Å². The van der Waals surface area contributed by atoms with Crippen LogP contribution in [0, 0.1) is 6.92 Å². The summed E-state index contributed by atoms with van der Waals surface area (Å²) in [5.41, 5.74) is 9.32. The molecule has 100 valence electrons. The number of aryl methyl sites for hydroxylation is 1. The van der Waals surface area contributed by atoms with Crippen LogP contribution in [-0.4, -0.2) is 12.1 Å². The highest BCUT2D eigenvalue weighted by Crippen LogP contribution is 2.45. The van der Waals surface area contributed by atoms with Crippen LogP contribution in [0.1, 0.15) is 34.9 Å². The quantitative estimate of drug-likeness (QED) is 0.928. The summed E-state index contributed by atoms with van der Waals surface area (Å²) < 4.78 is 5.47. The van der Waals surface area contributed by atoms with E-state index in [9.17, 15) is 0 Å². The van der Waals surface area contributed by atoms with Gasteiger partial charge < -0.3 is 10.5 Å². The number of nitrogens with two attached hydrogens (primary N) is 1. The number of ether oxygens (including phenoxy) is 1. The number of hydrogen-bond acceptors (Lipinski definition) is 4. The zero-order valence-corrected chi connectivity index (χ0v) is 12.1. The summed E-state index contributed by atoms with van der Waals surface area (Å²) in [6.45, 7) is 2.65. The second-order valence-corrected chi connectivity index (χ2v) is 6.09. The highest BCUT2D eigenvalue weighted by molar-refractivity contribution is 7.15. The number of methoxy groups -OCH3 is 1. The van der Waals surface area contributed by atoms with Crippen molar-refractivity contribution in [2.75, 3.05) is 7.11 Å². The lowest BCUT2D eigenvalue weighted by molar-refractivity contribution is 0.416. The Bertz CT molecular complexity index is 602. The summed E-state index contributed by atoms with van der Waals surface area (Å²) in [6, 6.07) is 6.23. The lowest BCUT2D eigenvalue weighted by Gasteiger charge is -2.06. The van der Waals surface area contributed by atoms with Crippen molar-refractivity contribution in [1.82, 2.24) is 4.98 Å². The van der Waals surface area contributed by atoms with E-state index in [0.717, 1.165) is 16.3 Å². The van der Waals surface area contributed by atoms with E-state index in [1.807, 2.05) is 0 Å². The Balaban J connectivity index is 2.06. The fourth-order valence-corrected chi connectivity index (χ4v) is 3.33. The maximum atomic E-state index is 5.84. The van der Waals surface area contributed by atoms with Gasteiger partial charge in [0.25, 0.3) is 0 Å². The molecule has 0 aliphatic heterocycles. The van der Waals surface area contributed by atoms with Gasteiger partial charge in [-0.25, -0.2) is 4.98 Å². The molecule has 0 radical (unpaired) electrons. The van der Waals surface area contributed by atoms with E-state index in [1.165, 1.54) is 29.0 Å². The monoisotopic (exact) mass is 274 g/mol. The van der Waals surface area contributed by atoms with Crippen molar-refractivity contribution in [3.8, 4) is 16.3 Å². The van der Waals surface area contributed by atoms with E-state index in [1.54, 1.807) is 18.4 Å². The average Bonchev–Trinajstić information content (AvgIpc) is 3.18. The highest BCUT2D eigenvalue weighted by atomic mass is 32.1. The Morgan fingerprint density at radius 2 is 2.21 bits per heavy atom. The minimum absolute atomic E-state index is 0.581.